The van der Waals surface area contributed by atoms with E-state index in [2.05, 4.69) is 22.9 Å². The summed E-state index contributed by atoms with van der Waals surface area (Å²) in [7, 11) is 0. The number of nitrogens with zero attached hydrogens (tertiary/aromatic N) is 2. The van der Waals surface area contributed by atoms with Gasteiger partial charge in [-0.3, -0.25) is 0 Å². The Labute approximate surface area is 74.2 Å². The molecule has 0 N–H and O–H groups in total. The molecular formula is C6H10IN2O+. The quantitative estimate of drug-likeness (QED) is 0.365. The van der Waals surface area contributed by atoms with Crippen LogP contribution in [-0.4, -0.2) is 26.1 Å². The van der Waals surface area contributed by atoms with Gasteiger partial charge in [0.25, 0.3) is 0 Å². The predicted octanol–water partition coefficient (Wildman–Crippen LogP) is 0.977. The van der Waals surface area contributed by atoms with Crippen LogP contribution >= 0.6 is 22.9 Å². The van der Waals surface area contributed by atoms with Crippen molar-refractivity contribution in [2.75, 3.05) is 6.54 Å². The lowest BCUT2D eigenvalue weighted by molar-refractivity contribution is -0.552. The highest BCUT2D eigenvalue weighted by molar-refractivity contribution is 14.1. The lowest BCUT2D eigenvalue weighted by atomic mass is 10.4. The fourth-order valence-electron chi connectivity index (χ4n) is 0.981. The van der Waals surface area contributed by atoms with Gasteiger partial charge in [0, 0.05) is 13.8 Å². The van der Waals surface area contributed by atoms with Crippen LogP contribution in [0.3, 0.4) is 0 Å². The van der Waals surface area contributed by atoms with Gasteiger partial charge < -0.3 is 0 Å². The van der Waals surface area contributed by atoms with Crippen LogP contribution < -0.4 is 0 Å². The summed E-state index contributed by atoms with van der Waals surface area (Å²) in [5.41, 5.74) is 1.04. The van der Waals surface area contributed by atoms with E-state index in [4.69, 9.17) is 0 Å². The van der Waals surface area contributed by atoms with Crippen LogP contribution in [0.5, 0.6) is 0 Å². The zero-order chi connectivity index (χ0) is 7.72. The lowest BCUT2D eigenvalue weighted by Gasteiger charge is -2.00. The van der Waals surface area contributed by atoms with Crippen molar-refractivity contribution in [3.8, 4) is 0 Å². The molecule has 0 aromatic rings. The maximum atomic E-state index is 11.1. The predicted molar refractivity (Wildman–Crippen MR) is 47.0 cm³/mol. The van der Waals surface area contributed by atoms with E-state index in [1.807, 2.05) is 17.1 Å². The summed E-state index contributed by atoms with van der Waals surface area (Å²) in [6.07, 6.45) is 0.647. The first-order valence-corrected chi connectivity index (χ1v) is 4.16. The summed E-state index contributed by atoms with van der Waals surface area (Å²) in [4.78, 5) is 11.1. The Balaban J connectivity index is 2.93. The zero-order valence-electron chi connectivity index (χ0n) is 6.09. The fourth-order valence-corrected chi connectivity index (χ4v) is 1.89. The Morgan fingerprint density at radius 1 is 1.70 bits per heavy atom. The minimum absolute atomic E-state index is 0.203. The highest BCUT2D eigenvalue weighted by atomic mass is 127. The maximum Gasteiger partial charge on any atom is 0.417 e. The number of halogens is 1. The number of hydrogen-bond acceptors (Lipinski definition) is 2. The molecule has 0 aliphatic carbocycles. The van der Waals surface area contributed by atoms with Crippen LogP contribution in [0, 0.1) is 0 Å². The van der Waals surface area contributed by atoms with Gasteiger partial charge in [0.05, 0.1) is 6.54 Å². The Bertz CT molecular complexity index is 196. The van der Waals surface area contributed by atoms with Crippen LogP contribution in [0.4, 0.5) is 0 Å². The molecule has 1 rings (SSSR count). The fraction of sp³-hybridized carbons (Fsp3) is 0.667. The van der Waals surface area contributed by atoms with Crippen LogP contribution in [0.25, 0.3) is 0 Å². The normalized spacial score (nSPS) is 18.5. The van der Waals surface area contributed by atoms with Crippen molar-refractivity contribution < 1.29 is 9.48 Å². The van der Waals surface area contributed by atoms with Gasteiger partial charge in [-0.1, -0.05) is 0 Å². The van der Waals surface area contributed by atoms with E-state index >= 15 is 0 Å². The van der Waals surface area contributed by atoms with Crippen LogP contribution in [0.15, 0.2) is 0 Å². The summed E-state index contributed by atoms with van der Waals surface area (Å²) in [6.45, 7) is 4.72. The van der Waals surface area contributed by atoms with Crippen molar-refractivity contribution in [3.63, 3.8) is 0 Å². The van der Waals surface area contributed by atoms with Gasteiger partial charge >= 0.3 is 5.91 Å². The van der Waals surface area contributed by atoms with Crippen molar-refractivity contribution in [2.24, 2.45) is 0 Å². The minimum Gasteiger partial charge on any atom is -0.216 e. The third kappa shape index (κ3) is 1.31. The summed E-state index contributed by atoms with van der Waals surface area (Å²) in [6, 6.07) is 0. The van der Waals surface area contributed by atoms with E-state index in [-0.39, 0.29) is 5.91 Å². The van der Waals surface area contributed by atoms with E-state index in [1.165, 1.54) is 0 Å². The highest BCUT2D eigenvalue weighted by Crippen LogP contribution is 2.11. The van der Waals surface area contributed by atoms with Crippen molar-refractivity contribution in [2.45, 2.75) is 20.3 Å². The molecule has 0 atom stereocenters. The Morgan fingerprint density at radius 3 is 2.50 bits per heavy atom. The summed E-state index contributed by atoms with van der Waals surface area (Å²) >= 11 is 2.14. The topological polar surface area (TPSA) is 23.3 Å². The molecule has 0 unspecified atom stereocenters. The number of amides is 1. The van der Waals surface area contributed by atoms with Crippen molar-refractivity contribution in [3.05, 3.63) is 0 Å². The number of hydrogen-bond donors (Lipinski definition) is 0. The second kappa shape index (κ2) is 2.86. The average Bonchev–Trinajstić information content (AvgIpc) is 2.11. The van der Waals surface area contributed by atoms with Gasteiger partial charge in [-0.05, 0) is 4.68 Å². The molecule has 1 aliphatic heterocycles. The molecule has 1 heterocycles. The first-order valence-electron chi connectivity index (χ1n) is 3.19. The van der Waals surface area contributed by atoms with E-state index in [0.717, 1.165) is 12.3 Å². The molecule has 0 aromatic heterocycles. The van der Waals surface area contributed by atoms with Crippen molar-refractivity contribution in [1.82, 2.24) is 3.22 Å². The number of hydrazine groups is 1. The van der Waals surface area contributed by atoms with E-state index in [0.29, 0.717) is 6.42 Å². The van der Waals surface area contributed by atoms with Gasteiger partial charge in [0.15, 0.2) is 5.71 Å². The van der Waals surface area contributed by atoms with Crippen molar-refractivity contribution >= 4 is 34.5 Å². The molecule has 0 bridgehead atoms. The average molecular weight is 253 g/mol. The number of carbonyl (C=O) groups is 1. The third-order valence-corrected chi connectivity index (χ3v) is 2.30. The molecule has 1 aliphatic rings. The molecule has 0 aromatic carbocycles. The van der Waals surface area contributed by atoms with Gasteiger partial charge in [-0.2, -0.15) is 0 Å². The number of rotatable bonds is 0. The molecule has 0 radical (unpaired) electrons. The first-order chi connectivity index (χ1) is 4.63. The minimum atomic E-state index is 0.203. The Morgan fingerprint density at radius 2 is 2.30 bits per heavy atom. The van der Waals surface area contributed by atoms with Gasteiger partial charge in [-0.25, -0.2) is 4.79 Å². The molecule has 1 saturated heterocycles. The molecule has 10 heavy (non-hydrogen) atoms. The van der Waals surface area contributed by atoms with E-state index in [9.17, 15) is 4.79 Å². The summed E-state index contributed by atoms with van der Waals surface area (Å²) in [5, 5.41) is 0. The van der Waals surface area contributed by atoms with Crippen LogP contribution in [0.1, 0.15) is 20.3 Å². The molecule has 4 heteroatoms. The summed E-state index contributed by atoms with van der Waals surface area (Å²) in [5.74, 6) is 0.203. The largest absolute Gasteiger partial charge is 0.417 e. The molecule has 56 valence electrons. The lowest BCUT2D eigenvalue weighted by Crippen LogP contribution is -2.25. The number of hydrazone groups is 1. The molecule has 0 saturated carbocycles. The van der Waals surface area contributed by atoms with E-state index < -0.39 is 0 Å². The Hall–Kier alpha value is -0.130. The third-order valence-electron chi connectivity index (χ3n) is 1.39. The molecule has 3 nitrogen and oxygen atoms in total. The van der Waals surface area contributed by atoms with Crippen LogP contribution in [-0.2, 0) is 4.79 Å². The zero-order valence-corrected chi connectivity index (χ0v) is 8.25. The molecule has 1 fully saturated rings. The Kier molecular flexibility index (Phi) is 2.28. The standard InChI is InChI=1S/C6H10IN2O/c1-5(2)9-6(10)3-4-8(9)7/h3-4H2,1-2H3/q+1. The number of carbonyl (C=O) groups excluding carboxylic acids is 1. The van der Waals surface area contributed by atoms with Gasteiger partial charge in [-0.15, -0.1) is 3.22 Å². The molecular weight excluding hydrogens is 243 g/mol. The second-order valence-electron chi connectivity index (χ2n) is 2.46. The smallest absolute Gasteiger partial charge is 0.216 e. The van der Waals surface area contributed by atoms with E-state index in [1.54, 1.807) is 4.68 Å². The highest BCUT2D eigenvalue weighted by Gasteiger charge is 2.33. The first kappa shape index (κ1) is 7.97. The van der Waals surface area contributed by atoms with Gasteiger partial charge in [0.2, 0.25) is 0 Å². The van der Waals surface area contributed by atoms with Gasteiger partial charge in [0.1, 0.15) is 29.3 Å². The molecule has 0 spiro atoms. The molecule has 1 amide bonds. The SMILES string of the molecule is CC(C)=[N+]1C(=O)CCN1I. The van der Waals surface area contributed by atoms with Crippen LogP contribution in [0.2, 0.25) is 0 Å². The second-order valence-corrected chi connectivity index (χ2v) is 3.58. The van der Waals surface area contributed by atoms with Crippen molar-refractivity contribution in [1.29, 1.82) is 0 Å². The monoisotopic (exact) mass is 253 g/mol. The summed E-state index contributed by atoms with van der Waals surface area (Å²) < 4.78 is 3.62. The maximum absolute atomic E-state index is 11.1.